The van der Waals surface area contributed by atoms with Gasteiger partial charge < -0.3 is 4.74 Å². The zero-order valence-corrected chi connectivity index (χ0v) is 12.7. The number of carbonyl (C=O) groups is 1. The third-order valence-corrected chi connectivity index (χ3v) is 4.41. The summed E-state index contributed by atoms with van der Waals surface area (Å²) in [5.74, 6) is -1.30. The van der Waals surface area contributed by atoms with Crippen LogP contribution in [0.15, 0.2) is 47.4 Å². The molecule has 0 heterocycles. The van der Waals surface area contributed by atoms with Crippen LogP contribution >= 0.6 is 11.6 Å². The summed E-state index contributed by atoms with van der Waals surface area (Å²) in [5, 5.41) is 0.494. The molecule has 0 N–H and O–H groups in total. The molecule has 0 bridgehead atoms. The fourth-order valence-corrected chi connectivity index (χ4v) is 3.16. The minimum Gasteiger partial charge on any atom is -0.465 e. The number of benzene rings is 2. The summed E-state index contributed by atoms with van der Waals surface area (Å²) in [6.07, 6.45) is 0. The fraction of sp³-hybridized carbons (Fsp3) is 0.133. The average molecular weight is 327 g/mol. The lowest BCUT2D eigenvalue weighted by atomic mass is 10.1. The van der Waals surface area contributed by atoms with Crippen molar-refractivity contribution in [2.24, 2.45) is 0 Å². The SMILES string of the molecule is COC(=O)c1ccc(CS(=O)c2cccc(Cl)c2)cc1F. The molecule has 0 aliphatic rings. The first-order chi connectivity index (χ1) is 10.0. The number of halogens is 2. The average Bonchev–Trinajstić information content (AvgIpc) is 2.46. The van der Waals surface area contributed by atoms with Crippen molar-refractivity contribution >= 4 is 28.4 Å². The van der Waals surface area contributed by atoms with Crippen molar-refractivity contribution < 1.29 is 18.1 Å². The van der Waals surface area contributed by atoms with E-state index >= 15 is 0 Å². The van der Waals surface area contributed by atoms with Gasteiger partial charge >= 0.3 is 5.97 Å². The number of methoxy groups -OCH3 is 1. The lowest BCUT2D eigenvalue weighted by Gasteiger charge is -2.06. The van der Waals surface area contributed by atoms with Gasteiger partial charge in [-0.05, 0) is 35.9 Å². The van der Waals surface area contributed by atoms with Crippen molar-refractivity contribution in [3.05, 3.63) is 64.4 Å². The molecular weight excluding hydrogens is 315 g/mol. The second-order valence-electron chi connectivity index (χ2n) is 4.25. The van der Waals surface area contributed by atoms with Gasteiger partial charge in [-0.2, -0.15) is 0 Å². The Labute approximate surface area is 129 Å². The minimum absolute atomic E-state index is 0.138. The van der Waals surface area contributed by atoms with Crippen LogP contribution in [0.4, 0.5) is 4.39 Å². The Morgan fingerprint density at radius 2 is 2.05 bits per heavy atom. The Bertz CT molecular complexity index is 703. The quantitative estimate of drug-likeness (QED) is 0.807. The molecule has 3 nitrogen and oxygen atoms in total. The monoisotopic (exact) mass is 326 g/mol. The van der Waals surface area contributed by atoms with Crippen LogP contribution < -0.4 is 0 Å². The number of esters is 1. The van der Waals surface area contributed by atoms with Crippen molar-refractivity contribution in [1.82, 2.24) is 0 Å². The van der Waals surface area contributed by atoms with Gasteiger partial charge in [0.05, 0.1) is 29.2 Å². The largest absolute Gasteiger partial charge is 0.465 e. The van der Waals surface area contributed by atoms with Crippen LogP contribution in [0, 0.1) is 5.82 Å². The first-order valence-electron chi connectivity index (χ1n) is 6.02. The van der Waals surface area contributed by atoms with Crippen LogP contribution in [0.25, 0.3) is 0 Å². The molecule has 0 fully saturated rings. The van der Waals surface area contributed by atoms with Crippen molar-refractivity contribution in [2.45, 2.75) is 10.6 Å². The van der Waals surface area contributed by atoms with Crippen LogP contribution in [0.3, 0.4) is 0 Å². The van der Waals surface area contributed by atoms with Gasteiger partial charge in [-0.1, -0.05) is 23.7 Å². The molecule has 0 aliphatic heterocycles. The molecule has 0 radical (unpaired) electrons. The summed E-state index contributed by atoms with van der Waals surface area (Å²) < 4.78 is 30.4. The Kier molecular flexibility index (Phi) is 5.09. The van der Waals surface area contributed by atoms with E-state index in [0.717, 1.165) is 0 Å². The number of rotatable bonds is 4. The third kappa shape index (κ3) is 3.89. The molecule has 0 saturated carbocycles. The predicted octanol–water partition coefficient (Wildman–Crippen LogP) is 3.57. The zero-order valence-electron chi connectivity index (χ0n) is 11.1. The van der Waals surface area contributed by atoms with E-state index in [2.05, 4.69) is 4.74 Å². The normalized spacial score (nSPS) is 12.0. The summed E-state index contributed by atoms with van der Waals surface area (Å²) in [4.78, 5) is 11.9. The molecule has 0 saturated heterocycles. The van der Waals surface area contributed by atoms with E-state index < -0.39 is 22.6 Å². The Balaban J connectivity index is 2.19. The van der Waals surface area contributed by atoms with Gasteiger partial charge in [-0.25, -0.2) is 9.18 Å². The van der Waals surface area contributed by atoms with E-state index in [1.807, 2.05) is 0 Å². The summed E-state index contributed by atoms with van der Waals surface area (Å²) in [6, 6.07) is 10.8. The van der Waals surface area contributed by atoms with E-state index in [-0.39, 0.29) is 11.3 Å². The maximum absolute atomic E-state index is 13.8. The molecule has 1 atom stereocenters. The van der Waals surface area contributed by atoms with E-state index in [9.17, 15) is 13.4 Å². The van der Waals surface area contributed by atoms with E-state index in [4.69, 9.17) is 11.6 Å². The molecule has 0 amide bonds. The molecule has 6 heteroatoms. The topological polar surface area (TPSA) is 43.4 Å². The van der Waals surface area contributed by atoms with Crippen molar-refractivity contribution in [1.29, 1.82) is 0 Å². The van der Waals surface area contributed by atoms with Gasteiger partial charge in [-0.15, -0.1) is 0 Å². The standard InChI is InChI=1S/C15H12ClFO3S/c1-20-15(18)13-6-5-10(7-14(13)17)9-21(19)12-4-2-3-11(16)8-12/h2-8H,9H2,1H3. The van der Waals surface area contributed by atoms with Gasteiger partial charge in [-0.3, -0.25) is 4.21 Å². The molecule has 21 heavy (non-hydrogen) atoms. The van der Waals surface area contributed by atoms with Gasteiger partial charge in [0.2, 0.25) is 0 Å². The molecule has 0 aliphatic carbocycles. The van der Waals surface area contributed by atoms with Gasteiger partial charge in [0.1, 0.15) is 5.82 Å². The van der Waals surface area contributed by atoms with Crippen LogP contribution in [0.5, 0.6) is 0 Å². The minimum atomic E-state index is -1.34. The first kappa shape index (κ1) is 15.7. The lowest BCUT2D eigenvalue weighted by Crippen LogP contribution is -2.05. The summed E-state index contributed by atoms with van der Waals surface area (Å²) >= 11 is 5.84. The number of carbonyl (C=O) groups excluding carboxylic acids is 1. The molecule has 110 valence electrons. The molecule has 0 spiro atoms. The Hall–Kier alpha value is -1.72. The number of hydrogen-bond acceptors (Lipinski definition) is 3. The summed E-state index contributed by atoms with van der Waals surface area (Å²) in [7, 11) is -0.155. The van der Waals surface area contributed by atoms with Crippen LogP contribution in [-0.4, -0.2) is 17.3 Å². The third-order valence-electron chi connectivity index (χ3n) is 2.80. The highest BCUT2D eigenvalue weighted by Gasteiger charge is 2.13. The second-order valence-corrected chi connectivity index (χ2v) is 6.14. The molecule has 1 unspecified atom stereocenters. The number of hydrogen-bond donors (Lipinski definition) is 0. The van der Waals surface area contributed by atoms with Gasteiger partial charge in [0, 0.05) is 9.92 Å². The Morgan fingerprint density at radius 3 is 2.67 bits per heavy atom. The van der Waals surface area contributed by atoms with Gasteiger partial charge in [0.25, 0.3) is 0 Å². The van der Waals surface area contributed by atoms with Crippen LogP contribution in [0.1, 0.15) is 15.9 Å². The molecule has 2 aromatic rings. The van der Waals surface area contributed by atoms with Crippen LogP contribution in [-0.2, 0) is 21.3 Å². The van der Waals surface area contributed by atoms with E-state index in [0.29, 0.717) is 15.5 Å². The fourth-order valence-electron chi connectivity index (χ4n) is 1.77. The predicted molar refractivity (Wildman–Crippen MR) is 79.3 cm³/mol. The second kappa shape index (κ2) is 6.83. The first-order valence-corrected chi connectivity index (χ1v) is 7.71. The molecular formula is C15H12ClFO3S. The van der Waals surface area contributed by atoms with E-state index in [1.54, 1.807) is 30.3 Å². The Morgan fingerprint density at radius 1 is 1.29 bits per heavy atom. The lowest BCUT2D eigenvalue weighted by molar-refractivity contribution is 0.0595. The summed E-state index contributed by atoms with van der Waals surface area (Å²) in [5.41, 5.74) is 0.383. The molecule has 2 rings (SSSR count). The van der Waals surface area contributed by atoms with Crippen molar-refractivity contribution in [3.63, 3.8) is 0 Å². The molecule has 0 aromatic heterocycles. The van der Waals surface area contributed by atoms with Crippen molar-refractivity contribution in [2.75, 3.05) is 7.11 Å². The molecule has 2 aromatic carbocycles. The number of ether oxygens (including phenoxy) is 1. The summed E-state index contributed by atoms with van der Waals surface area (Å²) in [6.45, 7) is 0. The smallest absolute Gasteiger partial charge is 0.340 e. The highest BCUT2D eigenvalue weighted by atomic mass is 35.5. The van der Waals surface area contributed by atoms with Gasteiger partial charge in [0.15, 0.2) is 0 Å². The maximum Gasteiger partial charge on any atom is 0.340 e. The zero-order chi connectivity index (χ0) is 15.4. The van der Waals surface area contributed by atoms with E-state index in [1.165, 1.54) is 19.2 Å². The van der Waals surface area contributed by atoms with Crippen molar-refractivity contribution in [3.8, 4) is 0 Å². The highest BCUT2D eigenvalue weighted by molar-refractivity contribution is 7.84. The maximum atomic E-state index is 13.8. The van der Waals surface area contributed by atoms with Crippen LogP contribution in [0.2, 0.25) is 5.02 Å². The highest BCUT2D eigenvalue weighted by Crippen LogP contribution is 2.18.